The number of aromatic nitrogens is 2. The number of para-hydroxylation sites is 1. The Morgan fingerprint density at radius 2 is 2.15 bits per heavy atom. The Morgan fingerprint density at radius 3 is 2.85 bits per heavy atom. The number of ether oxygens (including phenoxy) is 1. The van der Waals surface area contributed by atoms with Crippen LogP contribution in [0.5, 0.6) is 5.75 Å². The van der Waals surface area contributed by atoms with Crippen molar-refractivity contribution in [1.29, 1.82) is 0 Å². The van der Waals surface area contributed by atoms with E-state index in [0.29, 0.717) is 11.7 Å². The fourth-order valence-corrected chi connectivity index (χ4v) is 3.62. The number of nitrogens with zero attached hydrogens (tertiary/aromatic N) is 3. The first-order valence-electron chi connectivity index (χ1n) is 9.29. The van der Waals surface area contributed by atoms with Gasteiger partial charge in [-0.15, -0.1) is 10.2 Å². The second-order valence-electron chi connectivity index (χ2n) is 6.71. The molecule has 1 amide bonds. The molecular formula is C20H25ClN4O2. The lowest BCUT2D eigenvalue weighted by Gasteiger charge is -2.33. The third-order valence-corrected chi connectivity index (χ3v) is 5.17. The normalized spacial score (nSPS) is 18.0. The average Bonchev–Trinajstić information content (AvgIpc) is 2.72. The zero-order valence-electron chi connectivity index (χ0n) is 15.7. The van der Waals surface area contributed by atoms with Gasteiger partial charge in [0, 0.05) is 18.7 Å². The Kier molecular flexibility index (Phi) is 6.50. The van der Waals surface area contributed by atoms with Gasteiger partial charge in [-0.2, -0.15) is 0 Å². The second kappa shape index (κ2) is 9.04. The average molecular weight is 389 g/mol. The first kappa shape index (κ1) is 19.4. The number of carbonyl (C=O) groups excluding carboxylic acids is 1. The molecule has 2 heterocycles. The number of nitrogens with one attached hydrogen (secondary N) is 1. The summed E-state index contributed by atoms with van der Waals surface area (Å²) in [5.74, 6) is 1.54. The summed E-state index contributed by atoms with van der Waals surface area (Å²) >= 11 is 5.82. The molecule has 0 saturated carbocycles. The molecule has 2 aromatic rings. The highest BCUT2D eigenvalue weighted by Gasteiger charge is 2.28. The van der Waals surface area contributed by atoms with Gasteiger partial charge in [0.05, 0.1) is 19.1 Å². The van der Waals surface area contributed by atoms with Crippen LogP contribution in [-0.2, 0) is 4.79 Å². The Labute approximate surface area is 164 Å². The lowest BCUT2D eigenvalue weighted by Crippen LogP contribution is -2.44. The van der Waals surface area contributed by atoms with E-state index in [1.165, 1.54) is 0 Å². The first-order chi connectivity index (χ1) is 13.1. The number of hydrogen-bond donors (Lipinski definition) is 1. The number of piperidine rings is 1. The van der Waals surface area contributed by atoms with Gasteiger partial charge in [0.2, 0.25) is 5.91 Å². The minimum absolute atomic E-state index is 0.0689. The van der Waals surface area contributed by atoms with Gasteiger partial charge in [-0.25, -0.2) is 0 Å². The largest absolute Gasteiger partial charge is 0.496 e. The van der Waals surface area contributed by atoms with E-state index in [0.717, 1.165) is 42.9 Å². The highest BCUT2D eigenvalue weighted by molar-refractivity contribution is 6.29. The maximum absolute atomic E-state index is 12.9. The van der Waals surface area contributed by atoms with E-state index in [1.54, 1.807) is 13.2 Å². The predicted molar refractivity (Wildman–Crippen MR) is 106 cm³/mol. The van der Waals surface area contributed by atoms with Gasteiger partial charge < -0.3 is 15.0 Å². The molecule has 0 aliphatic carbocycles. The second-order valence-corrected chi connectivity index (χ2v) is 7.10. The van der Waals surface area contributed by atoms with Crippen LogP contribution in [-0.4, -0.2) is 36.3 Å². The number of amides is 1. The van der Waals surface area contributed by atoms with E-state index in [-0.39, 0.29) is 17.9 Å². The van der Waals surface area contributed by atoms with Gasteiger partial charge in [-0.05, 0) is 37.5 Å². The first-order valence-corrected chi connectivity index (χ1v) is 9.67. The van der Waals surface area contributed by atoms with Crippen molar-refractivity contribution < 1.29 is 9.53 Å². The quantitative estimate of drug-likeness (QED) is 0.818. The summed E-state index contributed by atoms with van der Waals surface area (Å²) in [5.41, 5.74) is 1.01. The van der Waals surface area contributed by atoms with Crippen LogP contribution in [0.2, 0.25) is 5.15 Å². The minimum Gasteiger partial charge on any atom is -0.496 e. The SMILES string of the molecule is CC[C@H](NC(=O)[C@@H]1CCCN(c2ccc(Cl)nn2)C1)c1ccccc1OC. The molecule has 1 N–H and O–H groups in total. The van der Waals surface area contributed by atoms with Crippen molar-refractivity contribution in [3.05, 3.63) is 47.1 Å². The summed E-state index contributed by atoms with van der Waals surface area (Å²) < 4.78 is 5.45. The number of hydrogen-bond acceptors (Lipinski definition) is 5. The zero-order chi connectivity index (χ0) is 19.2. The molecule has 27 heavy (non-hydrogen) atoms. The summed E-state index contributed by atoms with van der Waals surface area (Å²) in [4.78, 5) is 15.0. The molecule has 7 heteroatoms. The van der Waals surface area contributed by atoms with Gasteiger partial charge >= 0.3 is 0 Å². The molecule has 3 rings (SSSR count). The number of rotatable bonds is 6. The van der Waals surface area contributed by atoms with E-state index in [4.69, 9.17) is 16.3 Å². The lowest BCUT2D eigenvalue weighted by molar-refractivity contribution is -0.126. The van der Waals surface area contributed by atoms with Gasteiger partial charge in [0.1, 0.15) is 5.75 Å². The van der Waals surface area contributed by atoms with Crippen LogP contribution in [0.15, 0.2) is 36.4 Å². The molecule has 0 unspecified atom stereocenters. The molecule has 1 aliphatic heterocycles. The Morgan fingerprint density at radius 1 is 1.33 bits per heavy atom. The number of anilines is 1. The standard InChI is InChI=1S/C20H25ClN4O2/c1-3-16(15-8-4-5-9-17(15)27-2)22-20(26)14-7-6-12-25(13-14)19-11-10-18(21)23-24-19/h4-5,8-11,14,16H,3,6-7,12-13H2,1-2H3,(H,22,26)/t14-,16+/m1/s1. The summed E-state index contributed by atoms with van der Waals surface area (Å²) in [6.07, 6.45) is 2.60. The zero-order valence-corrected chi connectivity index (χ0v) is 16.4. The summed E-state index contributed by atoms with van der Waals surface area (Å²) in [6, 6.07) is 11.3. The third kappa shape index (κ3) is 4.69. The number of methoxy groups -OCH3 is 1. The molecule has 1 aromatic heterocycles. The molecule has 0 spiro atoms. The van der Waals surface area contributed by atoms with E-state index in [2.05, 4.69) is 27.3 Å². The molecule has 2 atom stereocenters. The van der Waals surface area contributed by atoms with Crippen molar-refractivity contribution in [2.45, 2.75) is 32.2 Å². The van der Waals surface area contributed by atoms with Gasteiger partial charge in [0.25, 0.3) is 0 Å². The highest BCUT2D eigenvalue weighted by Crippen LogP contribution is 2.28. The summed E-state index contributed by atoms with van der Waals surface area (Å²) in [6.45, 7) is 3.56. The van der Waals surface area contributed by atoms with Crippen LogP contribution in [0.4, 0.5) is 5.82 Å². The van der Waals surface area contributed by atoms with Crippen molar-refractivity contribution >= 4 is 23.3 Å². The van der Waals surface area contributed by atoms with E-state index in [9.17, 15) is 4.79 Å². The van der Waals surface area contributed by atoms with E-state index >= 15 is 0 Å². The van der Waals surface area contributed by atoms with Crippen LogP contribution in [0.3, 0.4) is 0 Å². The molecule has 6 nitrogen and oxygen atoms in total. The van der Waals surface area contributed by atoms with Crippen molar-refractivity contribution in [1.82, 2.24) is 15.5 Å². The fourth-order valence-electron chi connectivity index (χ4n) is 3.52. The molecule has 1 aliphatic rings. The maximum atomic E-state index is 12.9. The van der Waals surface area contributed by atoms with Crippen molar-refractivity contribution in [3.8, 4) is 5.75 Å². The fraction of sp³-hybridized carbons (Fsp3) is 0.450. The maximum Gasteiger partial charge on any atom is 0.225 e. The monoisotopic (exact) mass is 388 g/mol. The molecule has 0 radical (unpaired) electrons. The summed E-state index contributed by atoms with van der Waals surface area (Å²) in [5, 5.41) is 11.6. The van der Waals surface area contributed by atoms with Crippen molar-refractivity contribution in [3.63, 3.8) is 0 Å². The minimum atomic E-state index is -0.0833. The van der Waals surface area contributed by atoms with E-state index < -0.39 is 0 Å². The van der Waals surface area contributed by atoms with Gasteiger partial charge in [0.15, 0.2) is 11.0 Å². The predicted octanol–water partition coefficient (Wildman–Crippen LogP) is 3.62. The van der Waals surface area contributed by atoms with Crippen LogP contribution in [0.1, 0.15) is 37.8 Å². The van der Waals surface area contributed by atoms with Crippen LogP contribution < -0.4 is 15.0 Å². The number of halogens is 1. The lowest BCUT2D eigenvalue weighted by atomic mass is 9.95. The molecule has 1 fully saturated rings. The van der Waals surface area contributed by atoms with Gasteiger partial charge in [-0.3, -0.25) is 4.79 Å². The molecule has 0 bridgehead atoms. The van der Waals surface area contributed by atoms with Gasteiger partial charge in [-0.1, -0.05) is 36.7 Å². The smallest absolute Gasteiger partial charge is 0.225 e. The topological polar surface area (TPSA) is 67.4 Å². The van der Waals surface area contributed by atoms with Crippen molar-refractivity contribution in [2.75, 3.05) is 25.1 Å². The molecule has 1 aromatic carbocycles. The highest BCUT2D eigenvalue weighted by atomic mass is 35.5. The molecular weight excluding hydrogens is 364 g/mol. The van der Waals surface area contributed by atoms with Crippen LogP contribution in [0.25, 0.3) is 0 Å². The van der Waals surface area contributed by atoms with Crippen LogP contribution >= 0.6 is 11.6 Å². The Bertz CT molecular complexity index is 769. The molecule has 144 valence electrons. The number of carbonyl (C=O) groups is 1. The van der Waals surface area contributed by atoms with Crippen molar-refractivity contribution in [2.24, 2.45) is 5.92 Å². The third-order valence-electron chi connectivity index (χ3n) is 4.97. The van der Waals surface area contributed by atoms with E-state index in [1.807, 2.05) is 30.3 Å². The molecule has 1 saturated heterocycles. The Hall–Kier alpha value is -2.34. The summed E-state index contributed by atoms with van der Waals surface area (Å²) in [7, 11) is 1.65. The van der Waals surface area contributed by atoms with Crippen LogP contribution in [0, 0.1) is 5.92 Å². The Balaban J connectivity index is 1.68. The number of benzene rings is 1.